The molecule has 0 radical (unpaired) electrons. The van der Waals surface area contributed by atoms with Gasteiger partial charge in [-0.1, -0.05) is 0 Å². The van der Waals surface area contributed by atoms with Crippen LogP contribution in [0.4, 0.5) is 24.7 Å². The van der Waals surface area contributed by atoms with Gasteiger partial charge in [-0.3, -0.25) is 0 Å². The van der Waals surface area contributed by atoms with E-state index in [4.69, 9.17) is 9.84 Å². The molecule has 0 saturated carbocycles. The molecule has 0 amide bonds. The van der Waals surface area contributed by atoms with Crippen molar-refractivity contribution in [3.05, 3.63) is 53.6 Å². The normalized spacial score (nSPS) is 16.1. The third-order valence-electron chi connectivity index (χ3n) is 5.17. The van der Waals surface area contributed by atoms with E-state index < -0.39 is 60.3 Å². The fourth-order valence-corrected chi connectivity index (χ4v) is 3.26. The minimum Gasteiger partial charge on any atom is -0.496 e. The number of halogens is 3. The number of methoxy groups -OCH3 is 1. The van der Waals surface area contributed by atoms with E-state index in [1.807, 2.05) is 0 Å². The lowest BCUT2D eigenvalue weighted by atomic mass is 9.94. The number of nitrogens with zero attached hydrogens (tertiary/aromatic N) is 2. The number of anilines is 2. The number of benzene rings is 2. The van der Waals surface area contributed by atoms with Gasteiger partial charge >= 0.3 is 0 Å². The van der Waals surface area contributed by atoms with Gasteiger partial charge in [-0.05, 0) is 12.1 Å². The highest BCUT2D eigenvalue weighted by Crippen LogP contribution is 2.35. The Morgan fingerprint density at radius 3 is 2.21 bits per heavy atom. The summed E-state index contributed by atoms with van der Waals surface area (Å²) in [7, 11) is 1.23. The first kappa shape index (κ1) is 25.6. The van der Waals surface area contributed by atoms with E-state index in [1.54, 1.807) is 0 Å². The predicted molar refractivity (Wildman–Crippen MR) is 112 cm³/mol. The molecule has 3 aromatic rings. The fraction of sp³-hybridized carbons (Fsp3) is 0.333. The summed E-state index contributed by atoms with van der Waals surface area (Å²) in [5.41, 5.74) is -0.333. The highest BCUT2D eigenvalue weighted by Gasteiger charge is 2.36. The van der Waals surface area contributed by atoms with Gasteiger partial charge in [-0.2, -0.15) is 0 Å². The molecule has 0 fully saturated rings. The fourth-order valence-electron chi connectivity index (χ4n) is 3.26. The van der Waals surface area contributed by atoms with Gasteiger partial charge in [0.25, 0.3) is 0 Å². The largest absolute Gasteiger partial charge is 0.496 e. The van der Waals surface area contributed by atoms with Crippen molar-refractivity contribution >= 4 is 22.4 Å². The summed E-state index contributed by atoms with van der Waals surface area (Å²) in [5, 5.41) is 61.9. The third kappa shape index (κ3) is 5.04. The molecule has 34 heavy (non-hydrogen) atoms. The van der Waals surface area contributed by atoms with Crippen LogP contribution in [0.2, 0.25) is 0 Å². The van der Waals surface area contributed by atoms with Crippen molar-refractivity contribution in [2.45, 2.75) is 30.5 Å². The number of fused-ring (bicyclic) bond motifs is 1. The van der Waals surface area contributed by atoms with Crippen LogP contribution in [0.5, 0.6) is 5.75 Å². The molecule has 0 saturated heterocycles. The average molecular weight is 485 g/mol. The van der Waals surface area contributed by atoms with Gasteiger partial charge in [0.15, 0.2) is 11.6 Å². The smallest absolute Gasteiger partial charge is 0.161 e. The Bertz CT molecular complexity index is 1170. The van der Waals surface area contributed by atoms with Crippen molar-refractivity contribution in [1.29, 1.82) is 0 Å². The molecule has 7 N–H and O–H groups in total. The standard InChI is InChI=1S/C21H22F3N3O7/c1-34-16-3-8-13(2-9(16)17(30)19(32)20(33)18(31)15(29)6-28)25-7-26-21(8)27-14-5-11(23)10(22)4-12(14)24/h2-5,7,15,17-20,28-33H,6H2,1H3,(H,25,26,27)/t15-,17?,18+,19-,20-/m1/s1. The molecule has 0 spiro atoms. The second kappa shape index (κ2) is 10.5. The van der Waals surface area contributed by atoms with Crippen LogP contribution in [0.15, 0.2) is 30.6 Å². The highest BCUT2D eigenvalue weighted by molar-refractivity contribution is 5.92. The molecule has 0 aliphatic rings. The Balaban J connectivity index is 2.00. The van der Waals surface area contributed by atoms with Gasteiger partial charge in [0.1, 0.15) is 54.2 Å². The van der Waals surface area contributed by atoms with Crippen LogP contribution in [0, 0.1) is 17.5 Å². The molecule has 2 aromatic carbocycles. The summed E-state index contributed by atoms with van der Waals surface area (Å²) in [4.78, 5) is 7.99. The first-order valence-corrected chi connectivity index (χ1v) is 9.84. The van der Waals surface area contributed by atoms with Crippen molar-refractivity contribution in [3.8, 4) is 5.75 Å². The van der Waals surface area contributed by atoms with Gasteiger partial charge < -0.3 is 40.7 Å². The minimum atomic E-state index is -2.04. The maximum Gasteiger partial charge on any atom is 0.161 e. The number of aromatic nitrogens is 2. The number of nitrogens with one attached hydrogen (secondary N) is 1. The van der Waals surface area contributed by atoms with E-state index in [9.17, 15) is 38.7 Å². The zero-order valence-corrected chi connectivity index (χ0v) is 17.6. The summed E-state index contributed by atoms with van der Waals surface area (Å²) in [6.07, 6.45) is -8.57. The zero-order chi connectivity index (χ0) is 25.2. The molecule has 0 bridgehead atoms. The predicted octanol–water partition coefficient (Wildman–Crippen LogP) is 0.269. The van der Waals surface area contributed by atoms with Crippen LogP contribution in [-0.2, 0) is 0 Å². The van der Waals surface area contributed by atoms with Crippen molar-refractivity contribution < 1.29 is 48.5 Å². The molecule has 0 aliphatic heterocycles. The van der Waals surface area contributed by atoms with Crippen molar-refractivity contribution in [3.63, 3.8) is 0 Å². The first-order chi connectivity index (χ1) is 16.1. The number of aliphatic hydroxyl groups is 6. The van der Waals surface area contributed by atoms with E-state index in [-0.39, 0.29) is 28.0 Å². The monoisotopic (exact) mass is 485 g/mol. The molecule has 1 aromatic heterocycles. The van der Waals surface area contributed by atoms with Crippen molar-refractivity contribution in [1.82, 2.24) is 9.97 Å². The molecule has 5 atom stereocenters. The lowest BCUT2D eigenvalue weighted by Gasteiger charge is -2.29. The Kier molecular flexibility index (Phi) is 7.86. The maximum atomic E-state index is 14.1. The second-order valence-corrected chi connectivity index (χ2v) is 7.37. The topological polar surface area (TPSA) is 168 Å². The van der Waals surface area contributed by atoms with Crippen molar-refractivity contribution in [2.75, 3.05) is 19.0 Å². The average Bonchev–Trinajstić information content (AvgIpc) is 2.84. The number of hydrogen-bond donors (Lipinski definition) is 7. The van der Waals surface area contributed by atoms with Crippen LogP contribution in [0.1, 0.15) is 11.7 Å². The lowest BCUT2D eigenvalue weighted by Crippen LogP contribution is -2.47. The highest BCUT2D eigenvalue weighted by atomic mass is 19.2. The molecule has 1 unspecified atom stereocenters. The van der Waals surface area contributed by atoms with Gasteiger partial charge in [0.2, 0.25) is 0 Å². The van der Waals surface area contributed by atoms with E-state index in [0.29, 0.717) is 12.1 Å². The summed E-state index contributed by atoms with van der Waals surface area (Å²) in [6, 6.07) is 3.55. The summed E-state index contributed by atoms with van der Waals surface area (Å²) < 4.78 is 46.1. The van der Waals surface area contributed by atoms with Gasteiger partial charge in [-0.25, -0.2) is 23.1 Å². The molecule has 184 valence electrons. The Labute approximate surface area is 190 Å². The number of rotatable bonds is 9. The Morgan fingerprint density at radius 2 is 1.56 bits per heavy atom. The molecule has 3 rings (SSSR count). The van der Waals surface area contributed by atoms with Crippen LogP contribution < -0.4 is 10.1 Å². The number of hydrogen-bond acceptors (Lipinski definition) is 10. The van der Waals surface area contributed by atoms with E-state index in [1.165, 1.54) is 19.2 Å². The molecule has 0 aliphatic carbocycles. The SMILES string of the molecule is COc1cc2c(Nc3cc(F)c(F)cc3F)ncnc2cc1C(O)[C@@H](O)[C@H](O)[C@@H](O)[C@H](O)CO. The molecule has 13 heteroatoms. The van der Waals surface area contributed by atoms with Crippen LogP contribution in [0.3, 0.4) is 0 Å². The third-order valence-corrected chi connectivity index (χ3v) is 5.17. The zero-order valence-electron chi connectivity index (χ0n) is 17.6. The van der Waals surface area contributed by atoms with Crippen LogP contribution in [-0.4, -0.2) is 78.7 Å². The summed E-state index contributed by atoms with van der Waals surface area (Å²) in [5.74, 6) is -3.78. The summed E-state index contributed by atoms with van der Waals surface area (Å²) in [6.45, 7) is -0.897. The molecular formula is C21H22F3N3O7. The maximum absolute atomic E-state index is 14.1. The second-order valence-electron chi connectivity index (χ2n) is 7.37. The Morgan fingerprint density at radius 1 is 0.882 bits per heavy atom. The van der Waals surface area contributed by atoms with Gasteiger partial charge in [0, 0.05) is 23.1 Å². The number of ether oxygens (including phenoxy) is 1. The van der Waals surface area contributed by atoms with E-state index in [2.05, 4.69) is 15.3 Å². The molecule has 10 nitrogen and oxygen atoms in total. The van der Waals surface area contributed by atoms with Crippen LogP contribution >= 0.6 is 0 Å². The van der Waals surface area contributed by atoms with Crippen molar-refractivity contribution in [2.24, 2.45) is 0 Å². The van der Waals surface area contributed by atoms with Crippen LogP contribution in [0.25, 0.3) is 10.9 Å². The minimum absolute atomic E-state index is 0.0173. The quantitative estimate of drug-likeness (QED) is 0.209. The van der Waals surface area contributed by atoms with E-state index in [0.717, 1.165) is 6.33 Å². The van der Waals surface area contributed by atoms with E-state index >= 15 is 0 Å². The first-order valence-electron chi connectivity index (χ1n) is 9.84. The molecular weight excluding hydrogens is 463 g/mol. The van der Waals surface area contributed by atoms with Gasteiger partial charge in [-0.15, -0.1) is 0 Å². The number of aliphatic hydroxyl groups excluding tert-OH is 6. The lowest BCUT2D eigenvalue weighted by molar-refractivity contribution is -0.141. The summed E-state index contributed by atoms with van der Waals surface area (Å²) >= 11 is 0. The molecule has 1 heterocycles. The Hall–Kier alpha value is -3.07. The van der Waals surface area contributed by atoms with Gasteiger partial charge in [0.05, 0.1) is 24.9 Å².